The minimum atomic E-state index is -0.210. The molecule has 1 aromatic heterocycles. The molecule has 2 amide bonds. The predicted octanol–water partition coefficient (Wildman–Crippen LogP) is 4.09. The first-order valence-electron chi connectivity index (χ1n) is 11.1. The Hall–Kier alpha value is -3.39. The average molecular weight is 465 g/mol. The van der Waals surface area contributed by atoms with Crippen LogP contribution in [0.4, 0.5) is 11.4 Å². The van der Waals surface area contributed by atoms with Gasteiger partial charge in [0, 0.05) is 35.8 Å². The van der Waals surface area contributed by atoms with Crippen LogP contribution in [-0.2, 0) is 16.0 Å². The number of anilines is 2. The molecule has 0 aliphatic carbocycles. The van der Waals surface area contributed by atoms with Gasteiger partial charge in [-0.25, -0.2) is 4.98 Å². The van der Waals surface area contributed by atoms with E-state index in [1.165, 1.54) is 11.3 Å². The first-order chi connectivity index (χ1) is 16.0. The number of hydrogen-bond donors (Lipinski definition) is 2. The molecule has 0 bridgehead atoms. The summed E-state index contributed by atoms with van der Waals surface area (Å²) >= 11 is 1.51. The van der Waals surface area contributed by atoms with E-state index in [0.717, 1.165) is 59.3 Å². The zero-order valence-corrected chi connectivity index (χ0v) is 19.4. The van der Waals surface area contributed by atoms with E-state index in [9.17, 15) is 9.59 Å². The fourth-order valence-electron chi connectivity index (χ4n) is 3.98. The number of ether oxygens (including phenoxy) is 1. The van der Waals surface area contributed by atoms with Crippen molar-refractivity contribution in [2.75, 3.05) is 29.9 Å². The maximum atomic E-state index is 12.6. The number of hydrogen-bond acceptors (Lipinski definition) is 6. The van der Waals surface area contributed by atoms with Crippen molar-refractivity contribution in [1.82, 2.24) is 4.98 Å². The summed E-state index contributed by atoms with van der Waals surface area (Å²) in [5.74, 6) is 0.446. The second-order valence-electron chi connectivity index (χ2n) is 8.01. The maximum absolute atomic E-state index is 12.6. The number of primary amides is 1. The molecule has 0 atom stereocenters. The van der Waals surface area contributed by atoms with E-state index in [1.807, 2.05) is 60.8 Å². The first-order valence-corrected chi connectivity index (χ1v) is 12.0. The molecule has 4 rings (SSSR count). The molecule has 3 N–H and O–H groups in total. The molecule has 7 nitrogen and oxygen atoms in total. The summed E-state index contributed by atoms with van der Waals surface area (Å²) in [6, 6.07) is 15.6. The van der Waals surface area contributed by atoms with Gasteiger partial charge in [-0.1, -0.05) is 12.1 Å². The molecule has 3 aromatic rings. The number of nitrogens with one attached hydrogen (secondary N) is 1. The molecule has 2 aromatic carbocycles. The van der Waals surface area contributed by atoms with Crippen molar-refractivity contribution in [2.24, 2.45) is 11.7 Å². The minimum absolute atomic E-state index is 0.0290. The van der Waals surface area contributed by atoms with Gasteiger partial charge in [0.2, 0.25) is 11.8 Å². The number of amides is 2. The highest BCUT2D eigenvalue weighted by Crippen LogP contribution is 2.32. The number of rotatable bonds is 8. The van der Waals surface area contributed by atoms with E-state index in [0.29, 0.717) is 6.61 Å². The SMILES string of the molecule is CCOc1ccccc1-c1nc(CC(=O)Nc2ccc(N3CCC(C(N)=O)CC3)cc2)cs1. The van der Waals surface area contributed by atoms with Crippen LogP contribution in [0.3, 0.4) is 0 Å². The van der Waals surface area contributed by atoms with Crippen LogP contribution >= 0.6 is 11.3 Å². The Balaban J connectivity index is 1.33. The highest BCUT2D eigenvalue weighted by molar-refractivity contribution is 7.13. The lowest BCUT2D eigenvalue weighted by atomic mass is 9.96. The molecule has 33 heavy (non-hydrogen) atoms. The summed E-state index contributed by atoms with van der Waals surface area (Å²) in [5.41, 5.74) is 8.90. The van der Waals surface area contributed by atoms with Crippen LogP contribution in [0.25, 0.3) is 10.6 Å². The van der Waals surface area contributed by atoms with Crippen molar-refractivity contribution >= 4 is 34.5 Å². The molecule has 1 aliphatic rings. The van der Waals surface area contributed by atoms with Gasteiger partial charge in [-0.15, -0.1) is 11.3 Å². The molecule has 1 fully saturated rings. The van der Waals surface area contributed by atoms with Gasteiger partial charge in [-0.3, -0.25) is 9.59 Å². The van der Waals surface area contributed by atoms with Gasteiger partial charge < -0.3 is 20.7 Å². The van der Waals surface area contributed by atoms with Crippen LogP contribution in [0.2, 0.25) is 0 Å². The topological polar surface area (TPSA) is 97.6 Å². The Labute approximate surface area is 197 Å². The molecule has 8 heteroatoms. The minimum Gasteiger partial charge on any atom is -0.493 e. The van der Waals surface area contributed by atoms with E-state index in [4.69, 9.17) is 10.5 Å². The van der Waals surface area contributed by atoms with Crippen LogP contribution in [0.1, 0.15) is 25.5 Å². The molecule has 0 saturated carbocycles. The van der Waals surface area contributed by atoms with Gasteiger partial charge in [0.15, 0.2) is 0 Å². The molecule has 2 heterocycles. The summed E-state index contributed by atoms with van der Waals surface area (Å²) in [6.45, 7) is 4.14. The molecular formula is C25H28N4O3S. The highest BCUT2D eigenvalue weighted by Gasteiger charge is 2.23. The Morgan fingerprint density at radius 2 is 1.88 bits per heavy atom. The third-order valence-electron chi connectivity index (χ3n) is 5.72. The van der Waals surface area contributed by atoms with Crippen LogP contribution in [-0.4, -0.2) is 36.5 Å². The quantitative estimate of drug-likeness (QED) is 0.523. The van der Waals surface area contributed by atoms with Gasteiger partial charge >= 0.3 is 0 Å². The number of thiazole rings is 1. The van der Waals surface area contributed by atoms with Crippen molar-refractivity contribution < 1.29 is 14.3 Å². The number of nitrogens with zero attached hydrogens (tertiary/aromatic N) is 2. The lowest BCUT2D eigenvalue weighted by Crippen LogP contribution is -2.38. The van der Waals surface area contributed by atoms with Gasteiger partial charge in [0.05, 0.1) is 24.3 Å². The van der Waals surface area contributed by atoms with Crippen LogP contribution < -0.4 is 20.7 Å². The fourth-order valence-corrected chi connectivity index (χ4v) is 4.83. The van der Waals surface area contributed by atoms with Crippen LogP contribution in [0.5, 0.6) is 5.75 Å². The normalized spacial score (nSPS) is 14.2. The lowest BCUT2D eigenvalue weighted by Gasteiger charge is -2.32. The maximum Gasteiger partial charge on any atom is 0.230 e. The zero-order valence-electron chi connectivity index (χ0n) is 18.6. The van der Waals surface area contributed by atoms with Crippen molar-refractivity contribution in [1.29, 1.82) is 0 Å². The van der Waals surface area contributed by atoms with Crippen LogP contribution in [0.15, 0.2) is 53.9 Å². The van der Waals surface area contributed by atoms with Crippen molar-refractivity contribution in [2.45, 2.75) is 26.2 Å². The predicted molar refractivity (Wildman–Crippen MR) is 132 cm³/mol. The molecule has 1 aliphatic heterocycles. The van der Waals surface area contributed by atoms with E-state index in [1.54, 1.807) is 0 Å². The Kier molecular flexibility index (Phi) is 7.24. The third kappa shape index (κ3) is 5.70. The van der Waals surface area contributed by atoms with Crippen molar-refractivity contribution in [3.8, 4) is 16.3 Å². The molecule has 0 unspecified atom stereocenters. The van der Waals surface area contributed by atoms with Crippen molar-refractivity contribution in [3.63, 3.8) is 0 Å². The van der Waals surface area contributed by atoms with E-state index in [-0.39, 0.29) is 24.2 Å². The molecule has 0 spiro atoms. The van der Waals surface area contributed by atoms with E-state index >= 15 is 0 Å². The molecule has 172 valence electrons. The number of carbonyl (C=O) groups is 2. The van der Waals surface area contributed by atoms with Gasteiger partial charge in [-0.05, 0) is 56.2 Å². The number of carbonyl (C=O) groups excluding carboxylic acids is 2. The number of benzene rings is 2. The Morgan fingerprint density at radius 3 is 2.58 bits per heavy atom. The molecular weight excluding hydrogens is 436 g/mol. The molecule has 1 saturated heterocycles. The summed E-state index contributed by atoms with van der Waals surface area (Å²) in [7, 11) is 0. The first kappa shape index (κ1) is 22.8. The second kappa shape index (κ2) is 10.5. The lowest BCUT2D eigenvalue weighted by molar-refractivity contribution is -0.122. The zero-order chi connectivity index (χ0) is 23.2. The van der Waals surface area contributed by atoms with Crippen LogP contribution in [0, 0.1) is 5.92 Å². The number of piperidine rings is 1. The monoisotopic (exact) mass is 464 g/mol. The van der Waals surface area contributed by atoms with Crippen molar-refractivity contribution in [3.05, 3.63) is 59.6 Å². The Bertz CT molecular complexity index is 1100. The van der Waals surface area contributed by atoms with E-state index in [2.05, 4.69) is 15.2 Å². The largest absolute Gasteiger partial charge is 0.493 e. The van der Waals surface area contributed by atoms with Gasteiger partial charge in [0.1, 0.15) is 10.8 Å². The summed E-state index contributed by atoms with van der Waals surface area (Å²) in [4.78, 5) is 30.8. The Morgan fingerprint density at radius 1 is 1.15 bits per heavy atom. The summed E-state index contributed by atoms with van der Waals surface area (Å²) in [6.07, 6.45) is 1.76. The highest BCUT2D eigenvalue weighted by atomic mass is 32.1. The molecule has 0 radical (unpaired) electrons. The fraction of sp³-hybridized carbons (Fsp3) is 0.320. The second-order valence-corrected chi connectivity index (χ2v) is 8.87. The average Bonchev–Trinajstić information content (AvgIpc) is 3.28. The smallest absolute Gasteiger partial charge is 0.230 e. The summed E-state index contributed by atoms with van der Waals surface area (Å²) < 4.78 is 5.69. The number of para-hydroxylation sites is 1. The van der Waals surface area contributed by atoms with Gasteiger partial charge in [0.25, 0.3) is 0 Å². The van der Waals surface area contributed by atoms with E-state index < -0.39 is 0 Å². The van der Waals surface area contributed by atoms with Gasteiger partial charge in [-0.2, -0.15) is 0 Å². The standard InChI is InChI=1S/C25H28N4O3S/c1-2-32-22-6-4-3-5-21(22)25-28-19(16-33-25)15-23(30)27-18-7-9-20(10-8-18)29-13-11-17(12-14-29)24(26)31/h3-10,16-17H,2,11-15H2,1H3,(H2,26,31)(H,27,30). The third-order valence-corrected chi connectivity index (χ3v) is 6.65. The number of nitrogens with two attached hydrogens (primary N) is 1. The number of aromatic nitrogens is 1. The summed E-state index contributed by atoms with van der Waals surface area (Å²) in [5, 5.41) is 5.70.